The van der Waals surface area contributed by atoms with Crippen LogP contribution in [-0.2, 0) is 4.74 Å². The van der Waals surface area contributed by atoms with Gasteiger partial charge in [0.15, 0.2) is 0 Å². The number of hydrogen-bond donors (Lipinski definition) is 1. The molecule has 2 unspecified atom stereocenters. The molecule has 0 spiro atoms. The molecule has 0 aliphatic carbocycles. The quantitative estimate of drug-likeness (QED) is 0.776. The zero-order chi connectivity index (χ0) is 12.8. The number of ether oxygens (including phenoxy) is 1. The molecule has 0 aromatic rings. The summed E-state index contributed by atoms with van der Waals surface area (Å²) in [5.41, 5.74) is 5.77. The first-order valence-electron chi connectivity index (χ1n) is 7.10. The molecule has 17 heavy (non-hydrogen) atoms. The highest BCUT2D eigenvalue weighted by molar-refractivity contribution is 4.74. The monoisotopic (exact) mass is 242 g/mol. The minimum Gasteiger partial charge on any atom is -0.373 e. The van der Waals surface area contributed by atoms with Gasteiger partial charge >= 0.3 is 0 Å². The number of rotatable bonds is 6. The van der Waals surface area contributed by atoms with Crippen molar-refractivity contribution in [3.8, 4) is 0 Å². The van der Waals surface area contributed by atoms with Crippen molar-refractivity contribution < 1.29 is 4.74 Å². The van der Waals surface area contributed by atoms with Gasteiger partial charge < -0.3 is 10.5 Å². The Morgan fingerprint density at radius 3 is 2.29 bits per heavy atom. The third-order valence-corrected chi connectivity index (χ3v) is 3.42. The van der Waals surface area contributed by atoms with E-state index in [-0.39, 0.29) is 0 Å². The largest absolute Gasteiger partial charge is 0.373 e. The van der Waals surface area contributed by atoms with E-state index in [1.807, 2.05) is 0 Å². The maximum atomic E-state index is 5.77. The van der Waals surface area contributed by atoms with Gasteiger partial charge in [0.1, 0.15) is 0 Å². The van der Waals surface area contributed by atoms with Gasteiger partial charge in [-0.15, -0.1) is 0 Å². The Hall–Kier alpha value is -0.120. The lowest BCUT2D eigenvalue weighted by Crippen LogP contribution is -2.46. The van der Waals surface area contributed by atoms with E-state index in [0.717, 1.165) is 25.4 Å². The van der Waals surface area contributed by atoms with Crippen molar-refractivity contribution in [1.82, 2.24) is 4.90 Å². The average molecular weight is 242 g/mol. The second-order valence-electron chi connectivity index (χ2n) is 5.99. The van der Waals surface area contributed by atoms with Crippen molar-refractivity contribution in [3.05, 3.63) is 0 Å². The first kappa shape index (κ1) is 14.9. The van der Waals surface area contributed by atoms with Gasteiger partial charge in [-0.2, -0.15) is 0 Å². The number of hydrogen-bond acceptors (Lipinski definition) is 3. The van der Waals surface area contributed by atoms with Crippen molar-refractivity contribution in [2.45, 2.75) is 65.2 Å². The molecule has 0 bridgehead atoms. The molecule has 102 valence electrons. The molecular formula is C14H30N2O. The van der Waals surface area contributed by atoms with Gasteiger partial charge in [0.2, 0.25) is 0 Å². The van der Waals surface area contributed by atoms with Gasteiger partial charge in [-0.1, -0.05) is 13.3 Å². The molecule has 0 aromatic heterocycles. The van der Waals surface area contributed by atoms with E-state index >= 15 is 0 Å². The Bertz CT molecular complexity index is 198. The molecule has 0 radical (unpaired) electrons. The fourth-order valence-electron chi connectivity index (χ4n) is 2.75. The van der Waals surface area contributed by atoms with Gasteiger partial charge in [0, 0.05) is 25.7 Å². The molecule has 3 heteroatoms. The number of nitrogens with two attached hydrogens (primary N) is 1. The molecule has 2 N–H and O–H groups in total. The van der Waals surface area contributed by atoms with Crippen LogP contribution in [0.1, 0.15) is 47.0 Å². The lowest BCUT2D eigenvalue weighted by Gasteiger charge is -2.36. The zero-order valence-electron chi connectivity index (χ0n) is 12.0. The van der Waals surface area contributed by atoms with E-state index in [1.165, 1.54) is 19.4 Å². The predicted molar refractivity (Wildman–Crippen MR) is 73.1 cm³/mol. The summed E-state index contributed by atoms with van der Waals surface area (Å²) in [6.45, 7) is 12.2. The van der Waals surface area contributed by atoms with Crippen LogP contribution < -0.4 is 5.73 Å². The predicted octanol–water partition coefficient (Wildman–Crippen LogP) is 2.25. The maximum Gasteiger partial charge on any atom is 0.0678 e. The smallest absolute Gasteiger partial charge is 0.0678 e. The van der Waals surface area contributed by atoms with Crippen LogP contribution in [0.5, 0.6) is 0 Å². The highest BCUT2D eigenvalue weighted by atomic mass is 16.5. The average Bonchev–Trinajstić information content (AvgIpc) is 2.14. The van der Waals surface area contributed by atoms with E-state index in [2.05, 4.69) is 32.6 Å². The Morgan fingerprint density at radius 1 is 1.18 bits per heavy atom. The second kappa shape index (κ2) is 7.34. The van der Waals surface area contributed by atoms with Crippen molar-refractivity contribution in [3.63, 3.8) is 0 Å². The van der Waals surface area contributed by atoms with Crippen LogP contribution in [0, 0.1) is 5.92 Å². The highest BCUT2D eigenvalue weighted by Crippen LogP contribution is 2.15. The summed E-state index contributed by atoms with van der Waals surface area (Å²) < 4.78 is 5.75. The number of nitrogens with zero attached hydrogens (tertiary/aromatic N) is 1. The first-order valence-corrected chi connectivity index (χ1v) is 7.10. The van der Waals surface area contributed by atoms with Crippen LogP contribution in [0.15, 0.2) is 0 Å². The van der Waals surface area contributed by atoms with E-state index in [9.17, 15) is 0 Å². The third kappa shape index (κ3) is 6.39. The SMILES string of the molecule is CC(N)CCCC(C)CN1C[C@@H](C)O[C@@H](C)C1. The van der Waals surface area contributed by atoms with Crippen molar-refractivity contribution in [2.75, 3.05) is 19.6 Å². The minimum atomic E-state index is 0.352. The summed E-state index contributed by atoms with van der Waals surface area (Å²) in [5, 5.41) is 0. The fourth-order valence-corrected chi connectivity index (χ4v) is 2.75. The summed E-state index contributed by atoms with van der Waals surface area (Å²) in [6, 6.07) is 0.352. The van der Waals surface area contributed by atoms with E-state index in [1.54, 1.807) is 0 Å². The fraction of sp³-hybridized carbons (Fsp3) is 1.00. The topological polar surface area (TPSA) is 38.5 Å². The highest BCUT2D eigenvalue weighted by Gasteiger charge is 2.22. The second-order valence-corrected chi connectivity index (χ2v) is 5.99. The van der Waals surface area contributed by atoms with Crippen LogP contribution in [0.25, 0.3) is 0 Å². The molecule has 0 saturated carbocycles. The summed E-state index contributed by atoms with van der Waals surface area (Å²) in [5.74, 6) is 0.770. The van der Waals surface area contributed by atoms with E-state index < -0.39 is 0 Å². The van der Waals surface area contributed by atoms with Crippen LogP contribution in [0.4, 0.5) is 0 Å². The standard InChI is InChI=1S/C14H30N2O/c1-11(6-5-7-12(2)15)8-16-9-13(3)17-14(4)10-16/h11-14H,5-10,15H2,1-4H3/t11?,12?,13-,14+. The lowest BCUT2D eigenvalue weighted by molar-refractivity contribution is -0.0711. The lowest BCUT2D eigenvalue weighted by atomic mass is 10.0. The Labute approximate surface area is 107 Å². The number of morpholine rings is 1. The molecule has 1 saturated heterocycles. The third-order valence-electron chi connectivity index (χ3n) is 3.42. The van der Waals surface area contributed by atoms with Crippen LogP contribution in [-0.4, -0.2) is 42.8 Å². The van der Waals surface area contributed by atoms with Crippen LogP contribution in [0.3, 0.4) is 0 Å². The minimum absolute atomic E-state index is 0.352. The zero-order valence-corrected chi connectivity index (χ0v) is 12.0. The van der Waals surface area contributed by atoms with Gasteiger partial charge in [0.25, 0.3) is 0 Å². The van der Waals surface area contributed by atoms with Crippen LogP contribution in [0.2, 0.25) is 0 Å². The maximum absolute atomic E-state index is 5.77. The first-order chi connectivity index (χ1) is 7.97. The van der Waals surface area contributed by atoms with E-state index in [4.69, 9.17) is 10.5 Å². The molecule has 0 amide bonds. The Kier molecular flexibility index (Phi) is 6.45. The van der Waals surface area contributed by atoms with Gasteiger partial charge in [-0.3, -0.25) is 4.90 Å². The molecule has 1 fully saturated rings. The molecule has 1 aliphatic heterocycles. The summed E-state index contributed by atoms with van der Waals surface area (Å²) in [7, 11) is 0. The van der Waals surface area contributed by atoms with Crippen LogP contribution >= 0.6 is 0 Å². The Balaban J connectivity index is 2.18. The molecule has 0 aromatic carbocycles. The summed E-state index contributed by atoms with van der Waals surface area (Å²) in [4.78, 5) is 2.55. The molecule has 1 aliphatic rings. The molecule has 1 heterocycles. The van der Waals surface area contributed by atoms with Crippen molar-refractivity contribution in [1.29, 1.82) is 0 Å². The van der Waals surface area contributed by atoms with Gasteiger partial charge in [0.05, 0.1) is 12.2 Å². The molecule has 1 rings (SSSR count). The summed E-state index contributed by atoms with van der Waals surface area (Å²) >= 11 is 0. The van der Waals surface area contributed by atoms with E-state index in [0.29, 0.717) is 18.2 Å². The normalized spacial score (nSPS) is 30.2. The molecule has 3 nitrogen and oxygen atoms in total. The molecular weight excluding hydrogens is 212 g/mol. The van der Waals surface area contributed by atoms with Gasteiger partial charge in [-0.25, -0.2) is 0 Å². The molecule has 4 atom stereocenters. The van der Waals surface area contributed by atoms with Crippen molar-refractivity contribution >= 4 is 0 Å². The van der Waals surface area contributed by atoms with Gasteiger partial charge in [-0.05, 0) is 39.5 Å². The van der Waals surface area contributed by atoms with Crippen molar-refractivity contribution in [2.24, 2.45) is 11.7 Å². The summed E-state index contributed by atoms with van der Waals surface area (Å²) in [6.07, 6.45) is 4.47. The Morgan fingerprint density at radius 2 is 1.76 bits per heavy atom.